The van der Waals surface area contributed by atoms with Gasteiger partial charge in [0.2, 0.25) is 11.8 Å². The predicted octanol–water partition coefficient (Wildman–Crippen LogP) is 2.14. The van der Waals surface area contributed by atoms with Crippen molar-refractivity contribution < 1.29 is 9.32 Å². The molecule has 2 aliphatic rings. The van der Waals surface area contributed by atoms with Gasteiger partial charge in [0.25, 0.3) is 0 Å². The first-order valence-electron chi connectivity index (χ1n) is 10.1. The Morgan fingerprint density at radius 1 is 1.14 bits per heavy atom. The Morgan fingerprint density at radius 3 is 2.64 bits per heavy atom. The van der Waals surface area contributed by atoms with Crippen molar-refractivity contribution in [1.82, 2.24) is 29.9 Å². The highest BCUT2D eigenvalue weighted by Crippen LogP contribution is 2.40. The molecule has 0 atom stereocenters. The molecule has 0 saturated carbocycles. The molecule has 0 aliphatic carbocycles. The first kappa shape index (κ1) is 19.0. The molecule has 0 N–H and O–H groups in total. The maximum atomic E-state index is 12.5. The quantitative estimate of drug-likeness (QED) is 0.780. The lowest BCUT2D eigenvalue weighted by Gasteiger charge is -2.47. The number of hydrogen-bond acceptors (Lipinski definition) is 7. The van der Waals surface area contributed by atoms with E-state index in [9.17, 15) is 4.79 Å². The van der Waals surface area contributed by atoms with Crippen LogP contribution in [0.2, 0.25) is 0 Å². The van der Waals surface area contributed by atoms with Gasteiger partial charge in [-0.1, -0.05) is 12.1 Å². The number of carbonyl (C=O) groups is 1. The van der Waals surface area contributed by atoms with Crippen LogP contribution in [0.1, 0.15) is 55.7 Å². The van der Waals surface area contributed by atoms with Crippen molar-refractivity contribution in [1.29, 1.82) is 0 Å². The van der Waals surface area contributed by atoms with Crippen molar-refractivity contribution >= 4 is 5.91 Å². The highest BCUT2D eigenvalue weighted by molar-refractivity contribution is 5.77. The van der Waals surface area contributed by atoms with E-state index < -0.39 is 0 Å². The van der Waals surface area contributed by atoms with Gasteiger partial charge in [-0.2, -0.15) is 4.98 Å². The van der Waals surface area contributed by atoms with Crippen LogP contribution in [0.25, 0.3) is 0 Å². The van der Waals surface area contributed by atoms with E-state index >= 15 is 0 Å². The second kappa shape index (κ2) is 7.95. The third-order valence-corrected chi connectivity index (χ3v) is 6.03. The molecule has 4 heterocycles. The lowest BCUT2D eigenvalue weighted by molar-refractivity contribution is -0.140. The van der Waals surface area contributed by atoms with Crippen molar-refractivity contribution in [2.45, 2.75) is 59.0 Å². The maximum absolute atomic E-state index is 12.5. The number of carbonyl (C=O) groups excluding carboxylic acids is 1. The number of nitrogens with zero attached hydrogens (tertiary/aromatic N) is 6. The molecule has 1 spiro atoms. The Hall–Kier alpha value is -2.35. The van der Waals surface area contributed by atoms with Crippen molar-refractivity contribution in [2.24, 2.45) is 5.41 Å². The van der Waals surface area contributed by atoms with Gasteiger partial charge in [-0.25, -0.2) is 0 Å². The van der Waals surface area contributed by atoms with E-state index in [2.05, 4.69) is 25.0 Å². The topological polar surface area (TPSA) is 88.3 Å². The van der Waals surface area contributed by atoms with Gasteiger partial charge >= 0.3 is 0 Å². The van der Waals surface area contributed by atoms with Crippen LogP contribution in [0.4, 0.5) is 0 Å². The molecule has 28 heavy (non-hydrogen) atoms. The molecular weight excluding hydrogens is 356 g/mol. The first-order chi connectivity index (χ1) is 13.5. The van der Waals surface area contributed by atoms with E-state index in [1.54, 1.807) is 12.4 Å². The Kier molecular flexibility index (Phi) is 5.39. The standard InChI is InChI=1S/C20H28N6O2/c1-3-18-23-17(24-28-18)13-25-8-6-20(7-9-25)5-4-19(27)26(14-20)12-16-11-21-15(2)10-22-16/h10-11H,3-9,12-14H2,1-2H3. The third-order valence-electron chi connectivity index (χ3n) is 6.03. The monoisotopic (exact) mass is 384 g/mol. The Labute approximate surface area is 165 Å². The van der Waals surface area contributed by atoms with Gasteiger partial charge in [-0.3, -0.25) is 19.7 Å². The summed E-state index contributed by atoms with van der Waals surface area (Å²) in [6.07, 6.45) is 8.11. The Morgan fingerprint density at radius 2 is 1.96 bits per heavy atom. The molecule has 150 valence electrons. The van der Waals surface area contributed by atoms with Crippen molar-refractivity contribution in [3.05, 3.63) is 35.5 Å². The van der Waals surface area contributed by atoms with E-state index in [4.69, 9.17) is 4.52 Å². The summed E-state index contributed by atoms with van der Waals surface area (Å²) >= 11 is 0. The number of likely N-dealkylation sites (tertiary alicyclic amines) is 2. The fourth-order valence-corrected chi connectivity index (χ4v) is 4.23. The summed E-state index contributed by atoms with van der Waals surface area (Å²) in [5.74, 6) is 1.70. The van der Waals surface area contributed by atoms with Gasteiger partial charge in [0.15, 0.2) is 5.82 Å². The average molecular weight is 384 g/mol. The van der Waals surface area contributed by atoms with E-state index in [1.165, 1.54) is 0 Å². The van der Waals surface area contributed by atoms with E-state index in [0.29, 0.717) is 18.9 Å². The molecule has 2 aliphatic heterocycles. The molecule has 8 nitrogen and oxygen atoms in total. The lowest BCUT2D eigenvalue weighted by Crippen LogP contribution is -2.51. The molecule has 4 rings (SSSR count). The predicted molar refractivity (Wildman–Crippen MR) is 102 cm³/mol. The molecule has 0 bridgehead atoms. The zero-order chi connectivity index (χ0) is 19.6. The molecule has 2 fully saturated rings. The Bertz CT molecular complexity index is 810. The smallest absolute Gasteiger partial charge is 0.226 e. The van der Waals surface area contributed by atoms with Gasteiger partial charge in [0, 0.05) is 25.6 Å². The summed E-state index contributed by atoms with van der Waals surface area (Å²) in [5, 5.41) is 4.07. The normalized spacial score (nSPS) is 20.1. The summed E-state index contributed by atoms with van der Waals surface area (Å²) in [7, 11) is 0. The second-order valence-electron chi connectivity index (χ2n) is 8.13. The summed E-state index contributed by atoms with van der Waals surface area (Å²) in [4.78, 5) is 30.0. The van der Waals surface area contributed by atoms with Gasteiger partial charge in [-0.05, 0) is 44.7 Å². The molecule has 8 heteroatoms. The highest BCUT2D eigenvalue weighted by atomic mass is 16.5. The van der Waals surface area contributed by atoms with Crippen molar-refractivity contribution in [3.63, 3.8) is 0 Å². The third kappa shape index (κ3) is 4.22. The van der Waals surface area contributed by atoms with Crippen LogP contribution in [0.15, 0.2) is 16.9 Å². The van der Waals surface area contributed by atoms with Crippen LogP contribution in [0.3, 0.4) is 0 Å². The minimum atomic E-state index is 0.217. The van der Waals surface area contributed by atoms with Crippen LogP contribution in [0.5, 0.6) is 0 Å². The molecule has 2 aromatic rings. The summed E-state index contributed by atoms with van der Waals surface area (Å²) in [6.45, 7) is 8.05. The number of hydrogen-bond donors (Lipinski definition) is 0. The molecular formula is C20H28N6O2. The van der Waals surface area contributed by atoms with Crippen LogP contribution >= 0.6 is 0 Å². The zero-order valence-corrected chi connectivity index (χ0v) is 16.7. The number of amides is 1. The van der Waals surface area contributed by atoms with Gasteiger partial charge < -0.3 is 9.42 Å². The summed E-state index contributed by atoms with van der Waals surface area (Å²) < 4.78 is 5.21. The lowest BCUT2D eigenvalue weighted by atomic mass is 9.72. The van der Waals surface area contributed by atoms with Crippen molar-refractivity contribution in [2.75, 3.05) is 19.6 Å². The van der Waals surface area contributed by atoms with Crippen LogP contribution in [-0.4, -0.2) is 55.4 Å². The van der Waals surface area contributed by atoms with Crippen LogP contribution in [-0.2, 0) is 24.3 Å². The van der Waals surface area contributed by atoms with Gasteiger partial charge in [0.05, 0.1) is 30.7 Å². The van der Waals surface area contributed by atoms with E-state index in [-0.39, 0.29) is 11.3 Å². The first-order valence-corrected chi connectivity index (χ1v) is 10.1. The molecule has 1 amide bonds. The zero-order valence-electron chi connectivity index (χ0n) is 16.7. The Balaban J connectivity index is 1.34. The minimum absolute atomic E-state index is 0.217. The van der Waals surface area contributed by atoms with Crippen molar-refractivity contribution in [3.8, 4) is 0 Å². The average Bonchev–Trinajstić information content (AvgIpc) is 3.16. The van der Waals surface area contributed by atoms with Gasteiger partial charge in [-0.15, -0.1) is 0 Å². The fourth-order valence-electron chi connectivity index (χ4n) is 4.23. The fraction of sp³-hybridized carbons (Fsp3) is 0.650. The maximum Gasteiger partial charge on any atom is 0.226 e. The second-order valence-corrected chi connectivity index (χ2v) is 8.13. The number of rotatable bonds is 5. The van der Waals surface area contributed by atoms with Crippen LogP contribution < -0.4 is 0 Å². The molecule has 2 aromatic heterocycles. The highest BCUT2D eigenvalue weighted by Gasteiger charge is 2.41. The van der Waals surface area contributed by atoms with E-state index in [0.717, 1.165) is 69.1 Å². The molecule has 2 saturated heterocycles. The van der Waals surface area contributed by atoms with Gasteiger partial charge in [0.1, 0.15) is 0 Å². The number of piperidine rings is 2. The minimum Gasteiger partial charge on any atom is -0.339 e. The summed E-state index contributed by atoms with van der Waals surface area (Å²) in [5.41, 5.74) is 1.97. The molecule has 0 aromatic carbocycles. The van der Waals surface area contributed by atoms with E-state index in [1.807, 2.05) is 18.7 Å². The molecule has 0 unspecified atom stereocenters. The molecule has 0 radical (unpaired) electrons. The SMILES string of the molecule is CCc1nc(CN2CCC3(CCC(=O)N(Cc4cnc(C)cn4)C3)CC2)no1. The number of aryl methyl sites for hydroxylation is 2. The van der Waals surface area contributed by atoms with Crippen LogP contribution in [0, 0.1) is 12.3 Å². The largest absolute Gasteiger partial charge is 0.339 e. The number of aromatic nitrogens is 4. The summed E-state index contributed by atoms with van der Waals surface area (Å²) in [6, 6.07) is 0.